The first-order chi connectivity index (χ1) is 8.40. The van der Waals surface area contributed by atoms with Crippen molar-refractivity contribution >= 4 is 5.97 Å². The first-order valence-electron chi connectivity index (χ1n) is 5.32. The Hall–Kier alpha value is -1.72. The van der Waals surface area contributed by atoms with Gasteiger partial charge in [0.2, 0.25) is 0 Å². The molecule has 0 aliphatic carbocycles. The summed E-state index contributed by atoms with van der Waals surface area (Å²) in [4.78, 5) is 10.8. The van der Waals surface area contributed by atoms with Crippen LogP contribution in [0.4, 0.5) is 13.2 Å². The van der Waals surface area contributed by atoms with Crippen LogP contribution in [-0.2, 0) is 16.0 Å². The van der Waals surface area contributed by atoms with Crippen LogP contribution in [0.25, 0.3) is 0 Å². The largest absolute Gasteiger partial charge is 0.573 e. The van der Waals surface area contributed by atoms with Crippen molar-refractivity contribution < 1.29 is 27.4 Å². The summed E-state index contributed by atoms with van der Waals surface area (Å²) in [6.07, 6.45) is -3.20. The molecule has 0 unspecified atom stereocenters. The molecule has 18 heavy (non-hydrogen) atoms. The molecule has 0 atom stereocenters. The number of esters is 1. The Balaban J connectivity index is 2.43. The molecule has 1 aromatic carbocycles. The van der Waals surface area contributed by atoms with Crippen LogP contribution in [0.1, 0.15) is 18.4 Å². The lowest BCUT2D eigenvalue weighted by Gasteiger charge is -2.09. The Kier molecular flexibility index (Phi) is 5.00. The van der Waals surface area contributed by atoms with Crippen molar-refractivity contribution in [3.63, 3.8) is 0 Å². The number of hydrogen-bond acceptors (Lipinski definition) is 3. The number of hydrogen-bond donors (Lipinski definition) is 0. The number of carbonyl (C=O) groups is 1. The molecule has 1 aromatic rings. The number of aryl methyl sites for hydroxylation is 1. The first kappa shape index (κ1) is 14.3. The molecule has 3 nitrogen and oxygen atoms in total. The van der Waals surface area contributed by atoms with Gasteiger partial charge in [0.15, 0.2) is 0 Å². The van der Waals surface area contributed by atoms with E-state index in [0.717, 1.165) is 5.56 Å². The Bertz CT molecular complexity index is 385. The minimum Gasteiger partial charge on any atom is -0.469 e. The molecule has 0 spiro atoms. The number of alkyl halides is 3. The number of ether oxygens (including phenoxy) is 2. The Morgan fingerprint density at radius 1 is 1.22 bits per heavy atom. The Morgan fingerprint density at radius 2 is 1.83 bits per heavy atom. The second kappa shape index (κ2) is 6.28. The molecule has 0 heterocycles. The molecule has 0 saturated carbocycles. The van der Waals surface area contributed by atoms with Crippen LogP contribution >= 0.6 is 0 Å². The lowest BCUT2D eigenvalue weighted by Crippen LogP contribution is -2.17. The molecule has 0 aromatic heterocycles. The third-order valence-corrected chi connectivity index (χ3v) is 2.23. The van der Waals surface area contributed by atoms with E-state index in [4.69, 9.17) is 0 Å². The fourth-order valence-corrected chi connectivity index (χ4v) is 1.40. The first-order valence-corrected chi connectivity index (χ1v) is 5.32. The molecule has 0 fully saturated rings. The quantitative estimate of drug-likeness (QED) is 0.765. The average Bonchev–Trinajstić information content (AvgIpc) is 2.29. The molecule has 100 valence electrons. The van der Waals surface area contributed by atoms with Crippen molar-refractivity contribution in [1.29, 1.82) is 0 Å². The van der Waals surface area contributed by atoms with Gasteiger partial charge in [0.1, 0.15) is 5.75 Å². The van der Waals surface area contributed by atoms with Gasteiger partial charge < -0.3 is 9.47 Å². The average molecular weight is 262 g/mol. The van der Waals surface area contributed by atoms with Crippen molar-refractivity contribution in [3.8, 4) is 5.75 Å². The van der Waals surface area contributed by atoms with Crippen LogP contribution in [0.3, 0.4) is 0 Å². The van der Waals surface area contributed by atoms with E-state index in [9.17, 15) is 18.0 Å². The highest BCUT2D eigenvalue weighted by Crippen LogP contribution is 2.23. The maximum absolute atomic E-state index is 11.9. The number of halogens is 3. The van der Waals surface area contributed by atoms with Crippen LogP contribution in [0, 0.1) is 0 Å². The number of benzene rings is 1. The molecule has 1 rings (SSSR count). The van der Waals surface area contributed by atoms with Gasteiger partial charge in [-0.2, -0.15) is 0 Å². The van der Waals surface area contributed by atoms with Gasteiger partial charge in [-0.3, -0.25) is 4.79 Å². The SMILES string of the molecule is COC(=O)CCCc1ccc(OC(F)(F)F)cc1. The molecule has 0 aliphatic heterocycles. The summed E-state index contributed by atoms with van der Waals surface area (Å²) < 4.78 is 43.9. The van der Waals surface area contributed by atoms with E-state index in [0.29, 0.717) is 12.8 Å². The van der Waals surface area contributed by atoms with Crippen LogP contribution in [0.2, 0.25) is 0 Å². The van der Waals surface area contributed by atoms with Crippen molar-refractivity contribution in [2.45, 2.75) is 25.6 Å². The summed E-state index contributed by atoms with van der Waals surface area (Å²) in [7, 11) is 1.31. The minimum absolute atomic E-state index is 0.251. The van der Waals surface area contributed by atoms with Gasteiger partial charge in [0.25, 0.3) is 0 Å². The lowest BCUT2D eigenvalue weighted by atomic mass is 10.1. The summed E-state index contributed by atoms with van der Waals surface area (Å²) >= 11 is 0. The van der Waals surface area contributed by atoms with E-state index in [1.54, 1.807) is 12.1 Å². The Morgan fingerprint density at radius 3 is 2.33 bits per heavy atom. The van der Waals surface area contributed by atoms with Crippen LogP contribution in [0.5, 0.6) is 5.75 Å². The molecule has 0 bridgehead atoms. The molecule has 0 amide bonds. The molecule has 0 aliphatic rings. The van der Waals surface area contributed by atoms with Gasteiger partial charge in [-0.1, -0.05) is 12.1 Å². The zero-order chi connectivity index (χ0) is 13.6. The highest BCUT2D eigenvalue weighted by Gasteiger charge is 2.30. The second-order valence-corrected chi connectivity index (χ2v) is 3.62. The number of methoxy groups -OCH3 is 1. The minimum atomic E-state index is -4.67. The van der Waals surface area contributed by atoms with Gasteiger partial charge in [-0.25, -0.2) is 0 Å². The zero-order valence-corrected chi connectivity index (χ0v) is 9.79. The van der Waals surface area contributed by atoms with E-state index in [2.05, 4.69) is 9.47 Å². The molecule has 0 radical (unpaired) electrons. The summed E-state index contributed by atoms with van der Waals surface area (Å²) in [5.41, 5.74) is 0.841. The molecular weight excluding hydrogens is 249 g/mol. The normalized spacial score (nSPS) is 11.1. The van der Waals surface area contributed by atoms with E-state index in [1.807, 2.05) is 0 Å². The van der Waals surface area contributed by atoms with Gasteiger partial charge >= 0.3 is 12.3 Å². The van der Waals surface area contributed by atoms with E-state index < -0.39 is 6.36 Å². The number of carbonyl (C=O) groups excluding carboxylic acids is 1. The van der Waals surface area contributed by atoms with E-state index in [1.165, 1.54) is 19.2 Å². The maximum atomic E-state index is 11.9. The monoisotopic (exact) mass is 262 g/mol. The summed E-state index contributed by atoms with van der Waals surface area (Å²) in [5.74, 6) is -0.550. The summed E-state index contributed by atoms with van der Waals surface area (Å²) in [6, 6.07) is 5.58. The molecule has 6 heteroatoms. The molecule has 0 saturated heterocycles. The van der Waals surface area contributed by atoms with Crippen LogP contribution < -0.4 is 4.74 Å². The standard InChI is InChI=1S/C12H13F3O3/c1-17-11(16)4-2-3-9-5-7-10(8-6-9)18-12(13,14)15/h5-8H,2-4H2,1H3. The molecular formula is C12H13F3O3. The van der Waals surface area contributed by atoms with E-state index >= 15 is 0 Å². The number of rotatable bonds is 5. The highest BCUT2D eigenvalue weighted by molar-refractivity contribution is 5.69. The van der Waals surface area contributed by atoms with Crippen molar-refractivity contribution in [1.82, 2.24) is 0 Å². The molecule has 0 N–H and O–H groups in total. The smallest absolute Gasteiger partial charge is 0.469 e. The van der Waals surface area contributed by atoms with Gasteiger partial charge in [0, 0.05) is 6.42 Å². The van der Waals surface area contributed by atoms with Crippen molar-refractivity contribution in [3.05, 3.63) is 29.8 Å². The Labute approximate surface area is 103 Å². The summed E-state index contributed by atoms with van der Waals surface area (Å²) in [6.45, 7) is 0. The van der Waals surface area contributed by atoms with E-state index in [-0.39, 0.29) is 18.1 Å². The van der Waals surface area contributed by atoms with Crippen LogP contribution in [-0.4, -0.2) is 19.4 Å². The fraction of sp³-hybridized carbons (Fsp3) is 0.417. The fourth-order valence-electron chi connectivity index (χ4n) is 1.40. The van der Waals surface area contributed by atoms with Gasteiger partial charge in [0.05, 0.1) is 7.11 Å². The highest BCUT2D eigenvalue weighted by atomic mass is 19.4. The third kappa shape index (κ3) is 5.56. The third-order valence-electron chi connectivity index (χ3n) is 2.23. The predicted molar refractivity (Wildman–Crippen MR) is 58.1 cm³/mol. The van der Waals surface area contributed by atoms with Crippen molar-refractivity contribution in [2.75, 3.05) is 7.11 Å². The zero-order valence-electron chi connectivity index (χ0n) is 9.79. The predicted octanol–water partition coefficient (Wildman–Crippen LogP) is 3.08. The van der Waals surface area contributed by atoms with Gasteiger partial charge in [-0.15, -0.1) is 13.2 Å². The lowest BCUT2D eigenvalue weighted by molar-refractivity contribution is -0.274. The van der Waals surface area contributed by atoms with Crippen molar-refractivity contribution in [2.24, 2.45) is 0 Å². The topological polar surface area (TPSA) is 35.5 Å². The maximum Gasteiger partial charge on any atom is 0.573 e. The van der Waals surface area contributed by atoms with Gasteiger partial charge in [-0.05, 0) is 30.5 Å². The summed E-state index contributed by atoms with van der Waals surface area (Å²) in [5, 5.41) is 0. The van der Waals surface area contributed by atoms with Crippen LogP contribution in [0.15, 0.2) is 24.3 Å². The second-order valence-electron chi connectivity index (χ2n) is 3.62.